The summed E-state index contributed by atoms with van der Waals surface area (Å²) in [6, 6.07) is -8.80. The lowest BCUT2D eigenvalue weighted by molar-refractivity contribution is -0.143. The second-order valence-corrected chi connectivity index (χ2v) is 13.4. The van der Waals surface area contributed by atoms with Crippen molar-refractivity contribution in [2.75, 3.05) is 31.9 Å². The van der Waals surface area contributed by atoms with Crippen LogP contribution in [0.2, 0.25) is 0 Å². The molecule has 26 heteroatoms. The number of aliphatic hydroxyl groups is 1. The molecular weight excluding hydrogens is 789 g/mol. The van der Waals surface area contributed by atoms with Crippen LogP contribution in [0.1, 0.15) is 64.7 Å². The lowest BCUT2D eigenvalue weighted by Crippen LogP contribution is -2.60. The average Bonchev–Trinajstić information content (AvgIpc) is 3.14. The molecule has 0 aliphatic rings. The molecular formula is C32H60N14O11S. The topological polar surface area (TPSA) is 450 Å². The normalized spacial score (nSPS) is 14.4. The lowest BCUT2D eigenvalue weighted by Gasteiger charge is -2.27. The Hall–Kier alpha value is -5.47. The van der Waals surface area contributed by atoms with Gasteiger partial charge in [0.25, 0.3) is 0 Å². The monoisotopic (exact) mass is 848 g/mol. The molecule has 1 unspecified atom stereocenters. The van der Waals surface area contributed by atoms with Crippen molar-refractivity contribution in [3.63, 3.8) is 0 Å². The van der Waals surface area contributed by atoms with E-state index in [1.165, 1.54) is 0 Å². The number of carbonyl (C=O) groups excluding carboxylic acids is 6. The Kier molecular flexibility index (Phi) is 26.1. The van der Waals surface area contributed by atoms with Crippen molar-refractivity contribution in [3.05, 3.63) is 0 Å². The summed E-state index contributed by atoms with van der Waals surface area (Å²) >= 11 is 3.89. The molecule has 0 spiro atoms. The molecule has 7 atom stereocenters. The minimum absolute atomic E-state index is 0.000698. The van der Waals surface area contributed by atoms with Crippen LogP contribution in [0.25, 0.3) is 0 Å². The van der Waals surface area contributed by atoms with E-state index in [4.69, 9.17) is 34.4 Å². The van der Waals surface area contributed by atoms with Crippen LogP contribution in [0.4, 0.5) is 0 Å². The highest BCUT2D eigenvalue weighted by Gasteiger charge is 2.34. The van der Waals surface area contributed by atoms with Crippen LogP contribution >= 0.6 is 12.6 Å². The number of amides is 6. The van der Waals surface area contributed by atoms with Crippen LogP contribution in [0, 0.1) is 0 Å². The van der Waals surface area contributed by atoms with E-state index in [-0.39, 0.29) is 62.9 Å². The van der Waals surface area contributed by atoms with E-state index < -0.39 is 103 Å². The van der Waals surface area contributed by atoms with Crippen LogP contribution < -0.4 is 66.3 Å². The van der Waals surface area contributed by atoms with Gasteiger partial charge in [-0.15, -0.1) is 0 Å². The molecule has 0 radical (unpaired) electrons. The number of carboxylic acid groups (broad SMARTS) is 2. The Bertz CT molecular complexity index is 1440. The molecule has 0 aromatic heterocycles. The molecule has 58 heavy (non-hydrogen) atoms. The van der Waals surface area contributed by atoms with E-state index >= 15 is 0 Å². The third kappa shape index (κ3) is 22.9. The first-order valence-corrected chi connectivity index (χ1v) is 19.0. The predicted octanol–water partition coefficient (Wildman–Crippen LogP) is -6.65. The van der Waals surface area contributed by atoms with E-state index in [9.17, 15) is 53.7 Å². The fourth-order valence-corrected chi connectivity index (χ4v) is 5.11. The predicted molar refractivity (Wildman–Crippen MR) is 213 cm³/mol. The first kappa shape index (κ1) is 52.5. The molecule has 0 aromatic carbocycles. The summed E-state index contributed by atoms with van der Waals surface area (Å²) in [5, 5.41) is 43.4. The highest BCUT2D eigenvalue weighted by molar-refractivity contribution is 7.80. The summed E-state index contributed by atoms with van der Waals surface area (Å²) in [5.74, 6) is -9.14. The second kappa shape index (κ2) is 28.9. The van der Waals surface area contributed by atoms with Crippen molar-refractivity contribution >= 4 is 71.9 Å². The maximum atomic E-state index is 13.8. The van der Waals surface area contributed by atoms with E-state index in [0.29, 0.717) is 25.8 Å². The number of hydrogen-bond acceptors (Lipinski definition) is 14. The van der Waals surface area contributed by atoms with Gasteiger partial charge in [-0.2, -0.15) is 12.6 Å². The third-order valence-electron chi connectivity index (χ3n) is 8.02. The van der Waals surface area contributed by atoms with Gasteiger partial charge in [-0.1, -0.05) is 12.8 Å². The molecule has 6 amide bonds. The van der Waals surface area contributed by atoms with E-state index in [2.05, 4.69) is 54.5 Å². The van der Waals surface area contributed by atoms with Crippen LogP contribution in [0.15, 0.2) is 9.98 Å². The number of nitrogens with zero attached hydrogens (tertiary/aromatic N) is 2. The number of aliphatic hydroxyl groups excluding tert-OH is 1. The second-order valence-electron chi connectivity index (χ2n) is 13.0. The number of carboxylic acids is 2. The fraction of sp³-hybridized carbons (Fsp3) is 0.688. The van der Waals surface area contributed by atoms with Gasteiger partial charge >= 0.3 is 11.9 Å². The van der Waals surface area contributed by atoms with Gasteiger partial charge in [0.15, 0.2) is 11.9 Å². The van der Waals surface area contributed by atoms with Gasteiger partial charge in [0.05, 0.1) is 25.1 Å². The number of thiol groups is 1. The van der Waals surface area contributed by atoms with E-state index in [0.717, 1.165) is 6.92 Å². The van der Waals surface area contributed by atoms with Gasteiger partial charge in [0.2, 0.25) is 35.4 Å². The molecule has 0 saturated carbocycles. The minimum Gasteiger partial charge on any atom is -0.481 e. The maximum Gasteiger partial charge on any atom is 0.326 e. The highest BCUT2D eigenvalue weighted by atomic mass is 32.1. The Morgan fingerprint density at radius 1 is 0.638 bits per heavy atom. The van der Waals surface area contributed by atoms with Crippen molar-refractivity contribution < 1.29 is 53.7 Å². The summed E-state index contributed by atoms with van der Waals surface area (Å²) < 4.78 is 0. The van der Waals surface area contributed by atoms with E-state index in [1.54, 1.807) is 0 Å². The molecule has 0 aliphatic carbocycles. The number of unbranched alkanes of at least 4 members (excludes halogenated alkanes) is 2. The SMILES string of the molecule is CC(O)[C@H](NC(=O)[C@H](CCCN=C(N)N)NC(=O)[C@H](CCCCCN)NC(=O)[C@H](CC(=O)O)NC(=O)CNC(=O)[C@H](N)CS)C(=O)N[C@@H](CCCN=C(N)N)C(=O)O. The van der Waals surface area contributed by atoms with E-state index in [1.807, 2.05) is 0 Å². The van der Waals surface area contributed by atoms with Crippen LogP contribution in [-0.2, 0) is 38.4 Å². The average molecular weight is 849 g/mol. The quantitative estimate of drug-likeness (QED) is 0.0138. The molecule has 0 fully saturated rings. The third-order valence-corrected chi connectivity index (χ3v) is 8.41. The van der Waals surface area contributed by atoms with Crippen molar-refractivity contribution in [2.45, 2.75) is 107 Å². The number of carbonyl (C=O) groups is 8. The Balaban J connectivity index is 6.33. The number of nitrogens with one attached hydrogen (secondary N) is 6. The number of nitrogens with two attached hydrogens (primary N) is 6. The Morgan fingerprint density at radius 3 is 1.59 bits per heavy atom. The molecule has 0 saturated heterocycles. The van der Waals surface area contributed by atoms with Crippen LogP contribution in [0.5, 0.6) is 0 Å². The van der Waals surface area contributed by atoms with Gasteiger partial charge in [-0.05, 0) is 52.0 Å². The van der Waals surface area contributed by atoms with Crippen molar-refractivity contribution in [1.29, 1.82) is 0 Å². The Morgan fingerprint density at radius 2 is 1.12 bits per heavy atom. The first-order valence-electron chi connectivity index (χ1n) is 18.3. The van der Waals surface area contributed by atoms with Gasteiger partial charge < -0.3 is 81.6 Å². The van der Waals surface area contributed by atoms with Crippen molar-refractivity contribution in [1.82, 2.24) is 31.9 Å². The number of hydrogen-bond donors (Lipinski definition) is 16. The van der Waals surface area contributed by atoms with Crippen molar-refractivity contribution in [3.8, 4) is 0 Å². The lowest BCUT2D eigenvalue weighted by atomic mass is 10.0. The number of rotatable bonds is 30. The smallest absolute Gasteiger partial charge is 0.326 e. The zero-order chi connectivity index (χ0) is 44.4. The fourth-order valence-electron chi connectivity index (χ4n) is 4.95. The molecule has 21 N–H and O–H groups in total. The zero-order valence-electron chi connectivity index (χ0n) is 32.4. The molecule has 25 nitrogen and oxygen atoms in total. The number of guanidine groups is 2. The van der Waals surface area contributed by atoms with Crippen LogP contribution in [0.3, 0.4) is 0 Å². The van der Waals surface area contributed by atoms with Crippen molar-refractivity contribution in [2.24, 2.45) is 44.4 Å². The largest absolute Gasteiger partial charge is 0.481 e. The molecule has 0 aromatic rings. The summed E-state index contributed by atoms with van der Waals surface area (Å²) in [5.41, 5.74) is 32.5. The number of aliphatic imine (C=N–C) groups is 2. The molecule has 0 bridgehead atoms. The summed E-state index contributed by atoms with van der Waals surface area (Å²) in [7, 11) is 0. The minimum atomic E-state index is -1.72. The first-order chi connectivity index (χ1) is 27.2. The summed E-state index contributed by atoms with van der Waals surface area (Å²) in [6.07, 6.45) is -1.15. The van der Waals surface area contributed by atoms with Gasteiger partial charge in [0.1, 0.15) is 30.2 Å². The molecule has 0 rings (SSSR count). The highest BCUT2D eigenvalue weighted by Crippen LogP contribution is 2.09. The number of aliphatic carboxylic acids is 2. The van der Waals surface area contributed by atoms with Gasteiger partial charge in [-0.25, -0.2) is 4.79 Å². The molecule has 0 aliphatic heterocycles. The maximum absolute atomic E-state index is 13.8. The zero-order valence-corrected chi connectivity index (χ0v) is 33.2. The molecule has 330 valence electrons. The van der Waals surface area contributed by atoms with Gasteiger partial charge in [-0.3, -0.25) is 43.5 Å². The summed E-state index contributed by atoms with van der Waals surface area (Å²) in [6.45, 7) is 0.891. The summed E-state index contributed by atoms with van der Waals surface area (Å²) in [4.78, 5) is 110. The Labute approximate surface area is 340 Å². The standard InChI is InChI=1S/C32H60N14O11S/c1-16(47)24(29(55)45-20(30(56)57)9-6-12-40-32(37)38)46-27(53)19(8-5-11-39-31(35)36)43-26(52)18(7-3-2-4-10-33)44-28(54)21(13-23(49)50)42-22(48)14-41-25(51)17(34)15-58/h16-21,24,47,58H,2-15,33-34H2,1H3,(H,41,51)(H,42,48)(H,43,52)(H,44,54)(H,45,55)(H,46,53)(H,49,50)(H,56,57)(H4,35,36,39)(H4,37,38,40)/t16?,17-,18+,19+,20+,21+,24+/m1/s1. The van der Waals surface area contributed by atoms with Gasteiger partial charge in [0, 0.05) is 18.8 Å². The molecule has 0 heterocycles. The van der Waals surface area contributed by atoms with Crippen LogP contribution in [-0.4, -0.2) is 149 Å².